The zero-order chi connectivity index (χ0) is 19.5. The maximum atomic E-state index is 13.2. The average Bonchev–Trinajstić information content (AvgIpc) is 3.04. The van der Waals surface area contributed by atoms with Gasteiger partial charge in [0.15, 0.2) is 9.84 Å². The molecule has 0 radical (unpaired) electrons. The molecule has 1 aliphatic carbocycles. The van der Waals surface area contributed by atoms with Gasteiger partial charge in [-0.25, -0.2) is 8.42 Å². The molecule has 0 bridgehead atoms. The third-order valence-corrected chi connectivity index (χ3v) is 6.61. The molecule has 1 fully saturated rings. The summed E-state index contributed by atoms with van der Waals surface area (Å²) in [6.45, 7) is -0.250. The summed E-state index contributed by atoms with van der Waals surface area (Å²) < 4.78 is 70.3. The lowest BCUT2D eigenvalue weighted by atomic mass is 10.1. The van der Waals surface area contributed by atoms with Crippen LogP contribution in [0.1, 0.15) is 18.4 Å². The molecule has 2 rings (SSSR count). The third kappa shape index (κ3) is 3.99. The Morgan fingerprint density at radius 3 is 2.58 bits per heavy atom. The molecule has 0 saturated heterocycles. The van der Waals surface area contributed by atoms with Crippen LogP contribution in [0, 0.1) is 17.2 Å². The molecular formula is C16H17F3N2O4S. The summed E-state index contributed by atoms with van der Waals surface area (Å²) in [5.41, 5.74) is -1.23. The summed E-state index contributed by atoms with van der Waals surface area (Å²) in [4.78, 5) is 11.3. The Hall–Kier alpha value is -2.12. The summed E-state index contributed by atoms with van der Waals surface area (Å²) in [5, 5.41) is 9.66. The lowest BCUT2D eigenvalue weighted by molar-refractivity contribution is -0.139. The highest BCUT2D eigenvalue weighted by Crippen LogP contribution is 2.40. The molecular weight excluding hydrogens is 373 g/mol. The van der Waals surface area contributed by atoms with Crippen LogP contribution in [0.3, 0.4) is 0 Å². The van der Waals surface area contributed by atoms with Gasteiger partial charge in [0.2, 0.25) is 5.91 Å². The van der Waals surface area contributed by atoms with Crippen LogP contribution in [0.4, 0.5) is 13.2 Å². The van der Waals surface area contributed by atoms with E-state index in [4.69, 9.17) is 10.00 Å². The first kappa shape index (κ1) is 20.2. The number of sulfone groups is 1. The van der Waals surface area contributed by atoms with Gasteiger partial charge in [0.05, 0.1) is 33.8 Å². The van der Waals surface area contributed by atoms with Gasteiger partial charge in [-0.3, -0.25) is 4.79 Å². The molecule has 3 atom stereocenters. The van der Waals surface area contributed by atoms with Crippen molar-refractivity contribution >= 4 is 15.7 Å². The summed E-state index contributed by atoms with van der Waals surface area (Å²) in [7, 11) is -3.03. The van der Waals surface area contributed by atoms with Crippen molar-refractivity contribution in [2.75, 3.05) is 13.7 Å². The van der Waals surface area contributed by atoms with Gasteiger partial charge in [-0.1, -0.05) is 12.1 Å². The number of alkyl halides is 3. The van der Waals surface area contributed by atoms with Crippen LogP contribution in [0.2, 0.25) is 0 Å². The molecule has 142 valence electrons. The Morgan fingerprint density at radius 2 is 2.00 bits per heavy atom. The number of hydrogen-bond donors (Lipinski definition) is 1. The first-order valence-electron chi connectivity index (χ1n) is 7.70. The van der Waals surface area contributed by atoms with E-state index in [1.807, 2.05) is 0 Å². The zero-order valence-corrected chi connectivity index (χ0v) is 14.6. The van der Waals surface area contributed by atoms with Crippen LogP contribution < -0.4 is 5.32 Å². The van der Waals surface area contributed by atoms with Gasteiger partial charge < -0.3 is 10.1 Å². The topological polar surface area (TPSA) is 96.3 Å². The summed E-state index contributed by atoms with van der Waals surface area (Å²) >= 11 is 0. The number of nitrogens with zero attached hydrogens (tertiary/aromatic N) is 1. The standard InChI is InChI=1S/C16H17F3N2O4S/c1-25-13-9-10(8-11(13)15(22)21-7-6-20)26(23,24)14-5-3-2-4-12(14)16(17,18)19/h2-5,10-11,13H,7-9H2,1H3,(H,21,22)/t10-,11-,13-/m1/s1. The predicted molar refractivity (Wildman–Crippen MR) is 84.6 cm³/mol. The van der Waals surface area contributed by atoms with E-state index in [2.05, 4.69) is 5.32 Å². The molecule has 10 heteroatoms. The van der Waals surface area contributed by atoms with Crippen molar-refractivity contribution in [3.8, 4) is 6.07 Å². The van der Waals surface area contributed by atoms with Crippen LogP contribution in [-0.2, 0) is 25.5 Å². The highest BCUT2D eigenvalue weighted by Gasteiger charge is 2.47. The number of rotatable bonds is 5. The van der Waals surface area contributed by atoms with E-state index < -0.39 is 49.7 Å². The lowest BCUT2D eigenvalue weighted by Crippen LogP contribution is -2.35. The number of carbonyl (C=O) groups is 1. The summed E-state index contributed by atoms with van der Waals surface area (Å²) in [6, 6.07) is 5.71. The molecule has 0 unspecified atom stereocenters. The maximum absolute atomic E-state index is 13.2. The van der Waals surface area contributed by atoms with E-state index in [0.29, 0.717) is 6.07 Å². The van der Waals surface area contributed by atoms with Crippen LogP contribution in [0.25, 0.3) is 0 Å². The quantitative estimate of drug-likeness (QED) is 0.775. The van der Waals surface area contributed by atoms with Crippen molar-refractivity contribution in [2.24, 2.45) is 5.92 Å². The van der Waals surface area contributed by atoms with E-state index in [-0.39, 0.29) is 19.4 Å². The number of benzene rings is 1. The zero-order valence-electron chi connectivity index (χ0n) is 13.8. The molecule has 26 heavy (non-hydrogen) atoms. The molecule has 1 aliphatic rings. The van der Waals surface area contributed by atoms with Gasteiger partial charge in [0, 0.05) is 7.11 Å². The summed E-state index contributed by atoms with van der Waals surface area (Å²) in [6.07, 6.45) is -5.85. The Balaban J connectivity index is 2.34. The number of halogens is 3. The Morgan fingerprint density at radius 1 is 1.35 bits per heavy atom. The molecule has 1 saturated carbocycles. The van der Waals surface area contributed by atoms with Gasteiger partial charge in [-0.2, -0.15) is 18.4 Å². The predicted octanol–water partition coefficient (Wildman–Crippen LogP) is 1.91. The minimum absolute atomic E-state index is 0.102. The number of hydrogen-bond acceptors (Lipinski definition) is 5. The first-order valence-corrected chi connectivity index (χ1v) is 9.25. The van der Waals surface area contributed by atoms with E-state index in [0.717, 1.165) is 12.1 Å². The van der Waals surface area contributed by atoms with Crippen molar-refractivity contribution in [2.45, 2.75) is 35.3 Å². The van der Waals surface area contributed by atoms with E-state index in [1.165, 1.54) is 13.2 Å². The van der Waals surface area contributed by atoms with E-state index >= 15 is 0 Å². The fourth-order valence-corrected chi connectivity index (χ4v) is 5.15. The molecule has 1 N–H and O–H groups in total. The minimum Gasteiger partial charge on any atom is -0.381 e. The van der Waals surface area contributed by atoms with Gasteiger partial charge in [0.25, 0.3) is 0 Å². The van der Waals surface area contributed by atoms with Gasteiger partial charge in [-0.15, -0.1) is 0 Å². The van der Waals surface area contributed by atoms with Crippen LogP contribution in [0.5, 0.6) is 0 Å². The largest absolute Gasteiger partial charge is 0.417 e. The number of nitrogens with one attached hydrogen (secondary N) is 1. The highest BCUT2D eigenvalue weighted by atomic mass is 32.2. The van der Waals surface area contributed by atoms with Gasteiger partial charge in [0.1, 0.15) is 6.54 Å². The Bertz CT molecular complexity index is 818. The fourth-order valence-electron chi connectivity index (χ4n) is 3.13. The smallest absolute Gasteiger partial charge is 0.381 e. The van der Waals surface area contributed by atoms with Crippen LogP contribution in [-0.4, -0.2) is 39.3 Å². The molecule has 0 spiro atoms. The van der Waals surface area contributed by atoms with E-state index in [9.17, 15) is 26.4 Å². The van der Waals surface area contributed by atoms with Crippen molar-refractivity contribution in [3.63, 3.8) is 0 Å². The average molecular weight is 390 g/mol. The molecule has 1 amide bonds. The minimum atomic E-state index is -4.81. The number of ether oxygens (including phenoxy) is 1. The molecule has 1 aromatic carbocycles. The number of methoxy groups -OCH3 is 1. The Kier molecular flexibility index (Phi) is 5.93. The van der Waals surface area contributed by atoms with Crippen molar-refractivity contribution in [3.05, 3.63) is 29.8 Å². The second kappa shape index (κ2) is 7.63. The number of carbonyl (C=O) groups excluding carboxylic acids is 1. The van der Waals surface area contributed by atoms with Crippen molar-refractivity contribution in [1.29, 1.82) is 5.26 Å². The Labute approximate surface area is 148 Å². The molecule has 1 aromatic rings. The van der Waals surface area contributed by atoms with Gasteiger partial charge >= 0.3 is 6.18 Å². The highest BCUT2D eigenvalue weighted by molar-refractivity contribution is 7.92. The SMILES string of the molecule is CO[C@@H]1C[C@H](S(=O)(=O)c2ccccc2C(F)(F)F)C[C@H]1C(=O)NCC#N. The first-order chi connectivity index (χ1) is 12.1. The summed E-state index contributed by atoms with van der Waals surface area (Å²) in [5.74, 6) is -1.41. The van der Waals surface area contributed by atoms with Crippen LogP contribution in [0.15, 0.2) is 29.2 Å². The second-order valence-electron chi connectivity index (χ2n) is 5.89. The molecule has 0 aliphatic heterocycles. The monoisotopic (exact) mass is 390 g/mol. The van der Waals surface area contributed by atoms with Crippen molar-refractivity contribution in [1.82, 2.24) is 5.32 Å². The molecule has 0 heterocycles. The van der Waals surface area contributed by atoms with Crippen molar-refractivity contribution < 1.29 is 31.1 Å². The van der Waals surface area contributed by atoms with Gasteiger partial charge in [-0.05, 0) is 25.0 Å². The lowest BCUT2D eigenvalue weighted by Gasteiger charge is -2.16. The van der Waals surface area contributed by atoms with E-state index in [1.54, 1.807) is 6.07 Å². The van der Waals surface area contributed by atoms with Crippen LogP contribution >= 0.6 is 0 Å². The number of nitriles is 1. The third-order valence-electron chi connectivity index (χ3n) is 4.38. The second-order valence-corrected chi connectivity index (χ2v) is 8.09. The number of amides is 1. The fraction of sp³-hybridized carbons (Fsp3) is 0.500. The molecule has 0 aromatic heterocycles. The maximum Gasteiger partial charge on any atom is 0.417 e. The normalized spacial score (nSPS) is 23.4. The molecule has 6 nitrogen and oxygen atoms in total.